The van der Waals surface area contributed by atoms with Gasteiger partial charge in [-0.15, -0.1) is 0 Å². The molecule has 1 aliphatic rings. The maximum absolute atomic E-state index is 12.2. The summed E-state index contributed by atoms with van der Waals surface area (Å²) in [5.74, 6) is 5.80. The minimum atomic E-state index is -0.0792. The molecule has 1 aromatic carbocycles. The molecular formula is C17H21NO3. The summed E-state index contributed by atoms with van der Waals surface area (Å²) in [6, 6.07) is 5.74. The second-order valence-corrected chi connectivity index (χ2v) is 5.43. The fourth-order valence-corrected chi connectivity index (χ4v) is 2.39. The van der Waals surface area contributed by atoms with Crippen molar-refractivity contribution in [3.63, 3.8) is 0 Å². The van der Waals surface area contributed by atoms with Crippen LogP contribution in [0.4, 0.5) is 5.69 Å². The van der Waals surface area contributed by atoms with E-state index in [0.29, 0.717) is 13.0 Å². The van der Waals surface area contributed by atoms with Crippen LogP contribution >= 0.6 is 0 Å². The zero-order valence-corrected chi connectivity index (χ0v) is 12.5. The Labute approximate surface area is 125 Å². The average Bonchev–Trinajstić information content (AvgIpc) is 2.85. The molecule has 2 rings (SSSR count). The summed E-state index contributed by atoms with van der Waals surface area (Å²) in [5, 5.41) is 11.7. The fourth-order valence-electron chi connectivity index (χ4n) is 2.39. The van der Waals surface area contributed by atoms with Crippen molar-refractivity contribution in [1.82, 2.24) is 0 Å². The number of carbonyl (C=O) groups excluding carboxylic acids is 1. The number of hydrogen-bond donors (Lipinski definition) is 2. The molecule has 0 saturated carbocycles. The number of aliphatic hydroxyl groups is 1. The summed E-state index contributed by atoms with van der Waals surface area (Å²) in [4.78, 5) is 12.2. The lowest BCUT2D eigenvalue weighted by molar-refractivity contribution is -0.119. The Kier molecular flexibility index (Phi) is 5.38. The first-order valence-electron chi connectivity index (χ1n) is 7.22. The normalized spacial score (nSPS) is 20.7. The van der Waals surface area contributed by atoms with Crippen molar-refractivity contribution in [2.75, 3.05) is 18.5 Å². The Balaban J connectivity index is 2.06. The number of benzene rings is 1. The monoisotopic (exact) mass is 287 g/mol. The van der Waals surface area contributed by atoms with Gasteiger partial charge in [0.2, 0.25) is 5.91 Å². The molecule has 0 bridgehead atoms. The van der Waals surface area contributed by atoms with Crippen LogP contribution < -0.4 is 5.32 Å². The second kappa shape index (κ2) is 7.26. The summed E-state index contributed by atoms with van der Waals surface area (Å²) in [7, 11) is 0. The Morgan fingerprint density at radius 1 is 1.48 bits per heavy atom. The van der Waals surface area contributed by atoms with Crippen LogP contribution in [-0.4, -0.2) is 30.3 Å². The molecule has 0 radical (unpaired) electrons. The highest BCUT2D eigenvalue weighted by atomic mass is 16.5. The molecule has 4 nitrogen and oxygen atoms in total. The van der Waals surface area contributed by atoms with Crippen molar-refractivity contribution in [3.05, 3.63) is 29.3 Å². The van der Waals surface area contributed by atoms with E-state index in [9.17, 15) is 4.79 Å². The molecule has 1 aliphatic heterocycles. The highest BCUT2D eigenvalue weighted by Gasteiger charge is 2.28. The van der Waals surface area contributed by atoms with Crippen molar-refractivity contribution < 1.29 is 14.6 Å². The number of aliphatic hydroxyl groups excluding tert-OH is 1. The van der Waals surface area contributed by atoms with Crippen LogP contribution in [-0.2, 0) is 9.53 Å². The second-order valence-electron chi connectivity index (χ2n) is 5.43. The summed E-state index contributed by atoms with van der Waals surface area (Å²) in [6.07, 6.45) is 1.37. The molecule has 0 aliphatic carbocycles. The van der Waals surface area contributed by atoms with Crippen LogP contribution in [0.3, 0.4) is 0 Å². The van der Waals surface area contributed by atoms with Crippen molar-refractivity contribution in [1.29, 1.82) is 0 Å². The number of amides is 1. The van der Waals surface area contributed by atoms with E-state index in [1.165, 1.54) is 0 Å². The number of nitrogens with one attached hydrogen (secondary N) is 1. The number of hydrogen-bond acceptors (Lipinski definition) is 3. The molecule has 2 atom stereocenters. The molecule has 0 aromatic heterocycles. The lowest BCUT2D eigenvalue weighted by atomic mass is 10.0. The first kappa shape index (κ1) is 15.6. The largest absolute Gasteiger partial charge is 0.395 e. The lowest BCUT2D eigenvalue weighted by Crippen LogP contribution is -2.23. The molecule has 4 heteroatoms. The maximum atomic E-state index is 12.2. The van der Waals surface area contributed by atoms with Crippen LogP contribution in [0, 0.1) is 24.7 Å². The van der Waals surface area contributed by atoms with Gasteiger partial charge in [0.1, 0.15) is 0 Å². The average molecular weight is 287 g/mol. The first-order valence-corrected chi connectivity index (χ1v) is 7.22. The van der Waals surface area contributed by atoms with Gasteiger partial charge in [0.05, 0.1) is 25.2 Å². The van der Waals surface area contributed by atoms with Crippen LogP contribution in [0.5, 0.6) is 0 Å². The molecule has 2 unspecified atom stereocenters. The third-order valence-electron chi connectivity index (χ3n) is 3.38. The van der Waals surface area contributed by atoms with Gasteiger partial charge in [0.25, 0.3) is 0 Å². The quantitative estimate of drug-likeness (QED) is 0.837. The van der Waals surface area contributed by atoms with Crippen molar-refractivity contribution in [3.8, 4) is 11.8 Å². The number of rotatable bonds is 3. The van der Waals surface area contributed by atoms with Crippen molar-refractivity contribution in [2.24, 2.45) is 5.92 Å². The predicted octanol–water partition coefficient (Wildman–Crippen LogP) is 2.09. The number of ether oxygens (including phenoxy) is 1. The standard InChI is InChI=1S/C17H21NO3/c1-12-7-14(5-3-4-6-19)10-16(8-12)18-17(20)15-9-13(2)21-11-15/h7-8,10,13,15,19H,4,6,9,11H2,1-2H3,(H,18,20). The Bertz CT molecular complexity index is 571. The third kappa shape index (κ3) is 4.59. The Morgan fingerprint density at radius 2 is 2.29 bits per heavy atom. The summed E-state index contributed by atoms with van der Waals surface area (Å²) >= 11 is 0. The van der Waals surface area contributed by atoms with Crippen LogP contribution in [0.15, 0.2) is 18.2 Å². The van der Waals surface area contributed by atoms with Crippen molar-refractivity contribution >= 4 is 11.6 Å². The molecule has 1 amide bonds. The zero-order chi connectivity index (χ0) is 15.2. The minimum Gasteiger partial charge on any atom is -0.395 e. The van der Waals surface area contributed by atoms with E-state index in [-0.39, 0.29) is 24.5 Å². The molecule has 1 saturated heterocycles. The molecular weight excluding hydrogens is 266 g/mol. The van der Waals surface area contributed by atoms with Crippen LogP contribution in [0.2, 0.25) is 0 Å². The lowest BCUT2D eigenvalue weighted by Gasteiger charge is -2.10. The molecule has 1 fully saturated rings. The summed E-state index contributed by atoms with van der Waals surface area (Å²) < 4.78 is 5.43. The van der Waals surface area contributed by atoms with Gasteiger partial charge in [-0.25, -0.2) is 0 Å². The SMILES string of the molecule is Cc1cc(C#CCCO)cc(NC(=O)C2COC(C)C2)c1. The topological polar surface area (TPSA) is 58.6 Å². The van der Waals surface area contributed by atoms with E-state index < -0.39 is 0 Å². The minimum absolute atomic E-state index is 0.000725. The van der Waals surface area contributed by atoms with E-state index in [1.54, 1.807) is 0 Å². The first-order chi connectivity index (χ1) is 10.1. The molecule has 1 heterocycles. The number of carbonyl (C=O) groups is 1. The van der Waals surface area contributed by atoms with Gasteiger partial charge in [-0.05, 0) is 44.0 Å². The van der Waals surface area contributed by atoms with Crippen LogP contribution in [0.1, 0.15) is 30.9 Å². The summed E-state index contributed by atoms with van der Waals surface area (Å²) in [6.45, 7) is 4.49. The fraction of sp³-hybridized carbons (Fsp3) is 0.471. The van der Waals surface area contributed by atoms with Gasteiger partial charge in [0.15, 0.2) is 0 Å². The van der Waals surface area contributed by atoms with Gasteiger partial charge in [-0.3, -0.25) is 4.79 Å². The molecule has 1 aromatic rings. The van der Waals surface area contributed by atoms with E-state index in [1.807, 2.05) is 32.0 Å². The maximum Gasteiger partial charge on any atom is 0.229 e. The third-order valence-corrected chi connectivity index (χ3v) is 3.38. The molecule has 21 heavy (non-hydrogen) atoms. The van der Waals surface area contributed by atoms with Gasteiger partial charge >= 0.3 is 0 Å². The molecule has 0 spiro atoms. The van der Waals surface area contributed by atoms with E-state index in [2.05, 4.69) is 17.2 Å². The van der Waals surface area contributed by atoms with Crippen LogP contribution in [0.25, 0.3) is 0 Å². The smallest absolute Gasteiger partial charge is 0.229 e. The van der Waals surface area contributed by atoms with Gasteiger partial charge in [0, 0.05) is 17.7 Å². The molecule has 2 N–H and O–H groups in total. The van der Waals surface area contributed by atoms with E-state index in [4.69, 9.17) is 9.84 Å². The van der Waals surface area contributed by atoms with Crippen molar-refractivity contribution in [2.45, 2.75) is 32.8 Å². The van der Waals surface area contributed by atoms with Gasteiger partial charge < -0.3 is 15.2 Å². The molecule has 112 valence electrons. The highest BCUT2D eigenvalue weighted by molar-refractivity contribution is 5.93. The number of anilines is 1. The van der Waals surface area contributed by atoms with E-state index >= 15 is 0 Å². The zero-order valence-electron chi connectivity index (χ0n) is 12.5. The van der Waals surface area contributed by atoms with Gasteiger partial charge in [-0.2, -0.15) is 0 Å². The van der Waals surface area contributed by atoms with E-state index in [0.717, 1.165) is 23.2 Å². The highest BCUT2D eigenvalue weighted by Crippen LogP contribution is 2.21. The Morgan fingerprint density at radius 3 is 2.95 bits per heavy atom. The summed E-state index contributed by atoms with van der Waals surface area (Å²) in [5.41, 5.74) is 2.64. The van der Waals surface area contributed by atoms with Gasteiger partial charge in [-0.1, -0.05) is 11.8 Å². The Hall–Kier alpha value is -1.83. The number of aryl methyl sites for hydroxylation is 1. The predicted molar refractivity (Wildman–Crippen MR) is 81.9 cm³/mol.